The SMILES string of the molecule is CC1(C)c2ccccc2C2(c3ccccc3-c3ccc(N(c4ccc5c(c4)C4(CC6CCC4C6)c4ccccc4-5)c4ccccc4-c4ccccc4-c4ccccc4-c4ccccc4)cc32)c2ccccc21. The van der Waals surface area contributed by atoms with Crippen molar-refractivity contribution >= 4 is 17.1 Å². The van der Waals surface area contributed by atoms with Crippen LogP contribution in [0.3, 0.4) is 0 Å². The first-order chi connectivity index (χ1) is 35.5. The molecule has 5 aliphatic carbocycles. The number of hydrogen-bond acceptors (Lipinski definition) is 1. The number of anilines is 3. The van der Waals surface area contributed by atoms with E-state index in [1.54, 1.807) is 5.56 Å². The molecule has 1 nitrogen and oxygen atoms in total. The van der Waals surface area contributed by atoms with Crippen LogP contribution in [0.25, 0.3) is 55.6 Å². The van der Waals surface area contributed by atoms with Gasteiger partial charge in [-0.15, -0.1) is 0 Å². The van der Waals surface area contributed by atoms with Crippen LogP contribution < -0.4 is 4.90 Å². The zero-order valence-corrected chi connectivity index (χ0v) is 40.9. The van der Waals surface area contributed by atoms with E-state index < -0.39 is 5.41 Å². The van der Waals surface area contributed by atoms with Gasteiger partial charge >= 0.3 is 0 Å². The Hall–Kier alpha value is -8.00. The summed E-state index contributed by atoms with van der Waals surface area (Å²) < 4.78 is 0. The highest BCUT2D eigenvalue weighted by molar-refractivity contribution is 5.99. The Balaban J connectivity index is 1.00. The number of fused-ring (bicyclic) bond motifs is 17. The molecule has 10 aromatic rings. The quantitative estimate of drug-likeness (QED) is 0.161. The number of benzene rings is 10. The van der Waals surface area contributed by atoms with Crippen LogP contribution in [0.15, 0.2) is 237 Å². The van der Waals surface area contributed by atoms with Crippen LogP contribution in [0, 0.1) is 11.8 Å². The van der Waals surface area contributed by atoms with Gasteiger partial charge in [0.05, 0.1) is 11.1 Å². The topological polar surface area (TPSA) is 3.24 Å². The summed E-state index contributed by atoms with van der Waals surface area (Å²) >= 11 is 0. The fourth-order valence-corrected chi connectivity index (χ4v) is 15.4. The second-order valence-corrected chi connectivity index (χ2v) is 21.9. The molecule has 0 N–H and O–H groups in total. The van der Waals surface area contributed by atoms with Gasteiger partial charge in [-0.3, -0.25) is 0 Å². The molecule has 3 unspecified atom stereocenters. The lowest BCUT2D eigenvalue weighted by Crippen LogP contribution is -2.40. The lowest BCUT2D eigenvalue weighted by molar-refractivity contribution is 0.327. The summed E-state index contributed by atoms with van der Waals surface area (Å²) in [5.74, 6) is 1.44. The smallest absolute Gasteiger partial charge is 0.0720 e. The molecule has 72 heavy (non-hydrogen) atoms. The van der Waals surface area contributed by atoms with Crippen molar-refractivity contribution < 1.29 is 0 Å². The van der Waals surface area contributed by atoms with Gasteiger partial charge in [0.25, 0.3) is 0 Å². The third-order valence-corrected chi connectivity index (χ3v) is 18.2. The Bertz CT molecular complexity index is 3790. The summed E-state index contributed by atoms with van der Waals surface area (Å²) in [6, 6.07) is 90.3. The first-order valence-electron chi connectivity index (χ1n) is 26.3. The molecule has 0 amide bonds. The van der Waals surface area contributed by atoms with Crippen molar-refractivity contribution in [3.63, 3.8) is 0 Å². The third kappa shape index (κ3) is 5.60. The second-order valence-electron chi connectivity index (χ2n) is 21.9. The number of para-hydroxylation sites is 1. The maximum atomic E-state index is 2.63. The first kappa shape index (κ1) is 41.8. The zero-order chi connectivity index (χ0) is 47.8. The molecular weight excluding hydrogens is 867 g/mol. The van der Waals surface area contributed by atoms with Crippen LogP contribution in [0.1, 0.15) is 84.0 Å². The molecule has 2 fully saturated rings. The van der Waals surface area contributed by atoms with E-state index in [9.17, 15) is 0 Å². The van der Waals surface area contributed by atoms with Crippen LogP contribution in [-0.2, 0) is 16.2 Å². The highest BCUT2D eigenvalue weighted by atomic mass is 15.1. The molecule has 15 rings (SSSR count). The van der Waals surface area contributed by atoms with Gasteiger partial charge in [0.2, 0.25) is 0 Å². The Morgan fingerprint density at radius 3 is 1.40 bits per heavy atom. The molecule has 0 saturated heterocycles. The van der Waals surface area contributed by atoms with E-state index in [1.807, 2.05) is 0 Å². The van der Waals surface area contributed by atoms with Crippen molar-refractivity contribution in [1.82, 2.24) is 0 Å². The number of rotatable bonds is 6. The molecule has 344 valence electrons. The van der Waals surface area contributed by atoms with Crippen molar-refractivity contribution in [3.8, 4) is 55.6 Å². The lowest BCUT2D eigenvalue weighted by Gasteiger charge is -2.46. The average Bonchev–Trinajstić information content (AvgIpc) is 4.20. The van der Waals surface area contributed by atoms with Gasteiger partial charge in [0.15, 0.2) is 0 Å². The monoisotopic (exact) mass is 921 g/mol. The summed E-state index contributed by atoms with van der Waals surface area (Å²) in [4.78, 5) is 2.63. The standard InChI is InChI=1S/C71H55N/c1-69(2)62-31-15-17-33-64(62)71(65-34-18-16-32-63(65)69)61-30-14-11-27-56(61)58-41-39-50(44-67(58)71)72(49-38-40-57-55-26-10-13-29-60(55)70(66(57)43-49)45-46-36-37-48(70)42-46)68-35-19-12-28-59(68)54-25-9-8-24-53(54)52-23-7-6-22-51(52)47-20-4-3-5-21-47/h3-35,38-41,43-44,46,48H,36-37,42,45H2,1-2H3. The van der Waals surface area contributed by atoms with Gasteiger partial charge in [-0.05, 0) is 156 Å². The molecule has 0 heterocycles. The molecule has 10 aromatic carbocycles. The van der Waals surface area contributed by atoms with Gasteiger partial charge in [0, 0.05) is 27.8 Å². The van der Waals surface area contributed by atoms with Crippen LogP contribution in [0.4, 0.5) is 17.1 Å². The minimum absolute atomic E-state index is 0.0374. The van der Waals surface area contributed by atoms with Crippen LogP contribution in [-0.4, -0.2) is 0 Å². The van der Waals surface area contributed by atoms with Crippen molar-refractivity contribution in [2.45, 2.75) is 55.8 Å². The summed E-state index contributed by atoms with van der Waals surface area (Å²) in [6.07, 6.45) is 5.24. The van der Waals surface area contributed by atoms with Crippen molar-refractivity contribution in [3.05, 3.63) is 281 Å². The molecule has 3 atom stereocenters. The Labute approximate surface area is 424 Å². The largest absolute Gasteiger partial charge is 0.310 e. The van der Waals surface area contributed by atoms with E-state index in [0.29, 0.717) is 5.92 Å². The van der Waals surface area contributed by atoms with E-state index >= 15 is 0 Å². The summed E-state index contributed by atoms with van der Waals surface area (Å²) in [6.45, 7) is 4.83. The Morgan fingerprint density at radius 1 is 0.347 bits per heavy atom. The minimum atomic E-state index is -0.518. The van der Waals surface area contributed by atoms with Crippen LogP contribution in [0.5, 0.6) is 0 Å². The maximum Gasteiger partial charge on any atom is 0.0720 e. The lowest BCUT2D eigenvalue weighted by atomic mass is 9.55. The molecule has 0 aliphatic heterocycles. The second kappa shape index (κ2) is 15.5. The molecule has 0 radical (unpaired) electrons. The molecule has 2 saturated carbocycles. The van der Waals surface area contributed by atoms with Crippen LogP contribution >= 0.6 is 0 Å². The number of nitrogens with zero attached hydrogens (tertiary/aromatic N) is 1. The maximum absolute atomic E-state index is 2.63. The van der Waals surface area contributed by atoms with E-state index in [-0.39, 0.29) is 10.8 Å². The Kier molecular flexibility index (Phi) is 8.99. The van der Waals surface area contributed by atoms with Crippen LogP contribution in [0.2, 0.25) is 0 Å². The van der Waals surface area contributed by atoms with E-state index in [4.69, 9.17) is 0 Å². The predicted octanol–water partition coefficient (Wildman–Crippen LogP) is 18.2. The molecule has 2 spiro atoms. The van der Waals surface area contributed by atoms with E-state index in [2.05, 4.69) is 255 Å². The molecular formula is C71H55N. The fourth-order valence-electron chi connectivity index (χ4n) is 15.4. The van der Waals surface area contributed by atoms with Crippen molar-refractivity contribution in [2.75, 3.05) is 4.90 Å². The molecule has 2 bridgehead atoms. The van der Waals surface area contributed by atoms with Crippen molar-refractivity contribution in [1.29, 1.82) is 0 Å². The predicted molar refractivity (Wildman–Crippen MR) is 299 cm³/mol. The summed E-state index contributed by atoms with van der Waals surface area (Å²) in [5, 5.41) is 0. The molecule has 1 heteroatoms. The molecule has 5 aliphatic rings. The van der Waals surface area contributed by atoms with Gasteiger partial charge < -0.3 is 4.90 Å². The zero-order valence-electron chi connectivity index (χ0n) is 40.9. The number of hydrogen-bond donors (Lipinski definition) is 0. The van der Waals surface area contributed by atoms with Gasteiger partial charge in [-0.2, -0.15) is 0 Å². The van der Waals surface area contributed by atoms with Crippen molar-refractivity contribution in [2.24, 2.45) is 11.8 Å². The minimum Gasteiger partial charge on any atom is -0.310 e. The van der Waals surface area contributed by atoms with Gasteiger partial charge in [-0.25, -0.2) is 0 Å². The van der Waals surface area contributed by atoms with Gasteiger partial charge in [0.1, 0.15) is 0 Å². The summed E-state index contributed by atoms with van der Waals surface area (Å²) in [7, 11) is 0. The van der Waals surface area contributed by atoms with E-state index in [1.165, 1.54) is 126 Å². The van der Waals surface area contributed by atoms with Gasteiger partial charge in [-0.1, -0.05) is 227 Å². The Morgan fingerprint density at radius 2 is 0.792 bits per heavy atom. The normalized spacial score (nSPS) is 19.6. The highest BCUT2D eigenvalue weighted by Gasteiger charge is 2.57. The fraction of sp³-hybridized carbons (Fsp3) is 0.155. The highest BCUT2D eigenvalue weighted by Crippen LogP contribution is 2.67. The third-order valence-electron chi connectivity index (χ3n) is 18.2. The summed E-state index contributed by atoms with van der Waals surface area (Å²) in [5.41, 5.74) is 26.9. The molecule has 0 aromatic heterocycles. The average molecular weight is 922 g/mol. The first-order valence-corrected chi connectivity index (χ1v) is 26.3. The van der Waals surface area contributed by atoms with E-state index in [0.717, 1.165) is 17.3 Å².